The smallest absolute Gasteiger partial charge is 0.451 e. The Morgan fingerprint density at radius 2 is 2.00 bits per heavy atom. The van der Waals surface area contributed by atoms with Crippen molar-refractivity contribution in [2.24, 2.45) is 11.7 Å². The highest BCUT2D eigenvalue weighted by atomic mass is 16.4. The Morgan fingerprint density at radius 3 is 2.67 bits per heavy atom. The lowest BCUT2D eigenvalue weighted by Crippen LogP contribution is -2.56. The highest BCUT2D eigenvalue weighted by Gasteiger charge is 2.51. The van der Waals surface area contributed by atoms with Gasteiger partial charge in [0.1, 0.15) is 5.54 Å². The van der Waals surface area contributed by atoms with Crippen LogP contribution in [0.25, 0.3) is 0 Å². The molecular formula is C18H26BN3O5. The number of aliphatic carboxylic acids is 1. The molecule has 2 heterocycles. The molecule has 1 amide bonds. The quantitative estimate of drug-likeness (QED) is 0.411. The number of nitrogens with two attached hydrogens (primary N) is 1. The SMILES string of the molecule is N[C@]1(C(=O)O)CN(C(=O)C2Cc3ccccc3CN2)C[C@@H]1CCCB(O)O. The summed E-state index contributed by atoms with van der Waals surface area (Å²) in [6.45, 7) is 0.835. The highest BCUT2D eigenvalue weighted by molar-refractivity contribution is 6.40. The van der Waals surface area contributed by atoms with Gasteiger partial charge in [-0.25, -0.2) is 0 Å². The fourth-order valence-corrected chi connectivity index (χ4v) is 4.09. The number of amides is 1. The van der Waals surface area contributed by atoms with Gasteiger partial charge in [-0.15, -0.1) is 0 Å². The maximum atomic E-state index is 13.0. The van der Waals surface area contributed by atoms with E-state index < -0.39 is 30.6 Å². The third-order valence-corrected chi connectivity index (χ3v) is 5.73. The first-order chi connectivity index (χ1) is 12.8. The molecule has 3 atom stereocenters. The third-order valence-electron chi connectivity index (χ3n) is 5.73. The summed E-state index contributed by atoms with van der Waals surface area (Å²) in [5.41, 5.74) is 6.94. The number of nitrogens with one attached hydrogen (secondary N) is 1. The topological polar surface area (TPSA) is 136 Å². The average Bonchev–Trinajstić information content (AvgIpc) is 2.98. The maximum absolute atomic E-state index is 13.0. The minimum Gasteiger partial charge on any atom is -0.480 e. The zero-order valence-corrected chi connectivity index (χ0v) is 15.2. The lowest BCUT2D eigenvalue weighted by Gasteiger charge is -2.29. The Morgan fingerprint density at radius 1 is 1.30 bits per heavy atom. The second kappa shape index (κ2) is 7.98. The molecule has 0 aliphatic carbocycles. The summed E-state index contributed by atoms with van der Waals surface area (Å²) in [7, 11) is -1.42. The first kappa shape index (κ1) is 19.8. The standard InChI is InChI=1S/C18H26BN3O5/c20-18(17(24)25)11-22(10-14(18)6-3-7-19(26)27)16(23)15-8-12-4-1-2-5-13(12)9-21-15/h1-2,4-5,14-15,21,26-27H,3,6-11,20H2,(H,24,25)/t14-,15?,18+/m0/s1. The monoisotopic (exact) mass is 375 g/mol. The third kappa shape index (κ3) is 4.16. The van der Waals surface area contributed by atoms with Gasteiger partial charge in [-0.2, -0.15) is 0 Å². The Labute approximate surface area is 158 Å². The van der Waals surface area contributed by atoms with E-state index in [9.17, 15) is 14.7 Å². The van der Waals surface area contributed by atoms with Crippen LogP contribution in [0.15, 0.2) is 24.3 Å². The van der Waals surface area contributed by atoms with E-state index >= 15 is 0 Å². The van der Waals surface area contributed by atoms with E-state index in [1.165, 1.54) is 5.56 Å². The van der Waals surface area contributed by atoms with Crippen molar-refractivity contribution in [3.8, 4) is 0 Å². The Hall–Kier alpha value is -1.94. The van der Waals surface area contributed by atoms with Crippen LogP contribution in [0.1, 0.15) is 24.0 Å². The normalized spacial score (nSPS) is 27.3. The minimum atomic E-state index is -1.51. The molecule has 0 spiro atoms. The number of carboxylic acids is 1. The molecule has 8 nitrogen and oxygen atoms in total. The molecule has 9 heteroatoms. The molecule has 1 aromatic carbocycles. The van der Waals surface area contributed by atoms with Gasteiger partial charge in [0.25, 0.3) is 0 Å². The van der Waals surface area contributed by atoms with E-state index in [1.807, 2.05) is 24.3 Å². The molecule has 0 bridgehead atoms. The predicted octanol–water partition coefficient (Wildman–Crippen LogP) is -0.806. The summed E-state index contributed by atoms with van der Waals surface area (Å²) >= 11 is 0. The molecule has 1 aromatic rings. The molecule has 1 fully saturated rings. The molecule has 2 aliphatic heterocycles. The minimum absolute atomic E-state index is 0.0344. The number of rotatable bonds is 6. The number of hydrogen-bond acceptors (Lipinski definition) is 6. The first-order valence-electron chi connectivity index (χ1n) is 9.28. The van der Waals surface area contributed by atoms with Crippen molar-refractivity contribution in [1.29, 1.82) is 0 Å². The van der Waals surface area contributed by atoms with Gasteiger partial charge in [0.2, 0.25) is 5.91 Å². The van der Waals surface area contributed by atoms with Crippen LogP contribution in [0.4, 0.5) is 0 Å². The van der Waals surface area contributed by atoms with Gasteiger partial charge in [-0.05, 0) is 30.3 Å². The molecule has 0 saturated carbocycles. The van der Waals surface area contributed by atoms with Crippen molar-refractivity contribution >= 4 is 19.0 Å². The molecule has 3 rings (SSSR count). The van der Waals surface area contributed by atoms with E-state index in [4.69, 9.17) is 15.8 Å². The summed E-state index contributed by atoms with van der Waals surface area (Å²) in [6.07, 6.45) is 1.58. The van der Waals surface area contributed by atoms with Crippen LogP contribution < -0.4 is 11.1 Å². The summed E-state index contributed by atoms with van der Waals surface area (Å²) in [5, 5.41) is 30.8. The van der Waals surface area contributed by atoms with E-state index in [0.717, 1.165) is 5.56 Å². The molecule has 0 aromatic heterocycles. The van der Waals surface area contributed by atoms with Crippen molar-refractivity contribution in [2.45, 2.75) is 43.7 Å². The van der Waals surface area contributed by atoms with Gasteiger partial charge in [0.05, 0.1) is 6.04 Å². The van der Waals surface area contributed by atoms with Gasteiger partial charge in [-0.3, -0.25) is 9.59 Å². The Balaban J connectivity index is 1.68. The van der Waals surface area contributed by atoms with E-state index in [-0.39, 0.29) is 25.3 Å². The van der Waals surface area contributed by atoms with Gasteiger partial charge < -0.3 is 31.1 Å². The maximum Gasteiger partial charge on any atom is 0.451 e. The Kier molecular flexibility index (Phi) is 5.85. The van der Waals surface area contributed by atoms with Crippen LogP contribution in [-0.4, -0.2) is 63.7 Å². The van der Waals surface area contributed by atoms with Gasteiger partial charge in [-0.1, -0.05) is 30.7 Å². The zero-order chi connectivity index (χ0) is 19.6. The van der Waals surface area contributed by atoms with E-state index in [0.29, 0.717) is 25.8 Å². The van der Waals surface area contributed by atoms with E-state index in [1.54, 1.807) is 4.90 Å². The number of carbonyl (C=O) groups is 2. The fraction of sp³-hybridized carbons (Fsp3) is 0.556. The molecule has 1 unspecified atom stereocenters. The summed E-state index contributed by atoms with van der Waals surface area (Å²) in [6, 6.07) is 7.55. The summed E-state index contributed by atoms with van der Waals surface area (Å²) in [4.78, 5) is 26.3. The van der Waals surface area contributed by atoms with Crippen LogP contribution >= 0.6 is 0 Å². The second-order valence-electron chi connectivity index (χ2n) is 7.58. The number of carboxylic acid groups (broad SMARTS) is 1. The zero-order valence-electron chi connectivity index (χ0n) is 15.2. The van der Waals surface area contributed by atoms with Crippen molar-refractivity contribution in [3.63, 3.8) is 0 Å². The largest absolute Gasteiger partial charge is 0.480 e. The predicted molar refractivity (Wildman–Crippen MR) is 99.6 cm³/mol. The van der Waals surface area contributed by atoms with Crippen molar-refractivity contribution in [1.82, 2.24) is 10.2 Å². The summed E-state index contributed by atoms with van der Waals surface area (Å²) < 4.78 is 0. The van der Waals surface area contributed by atoms with Crippen LogP contribution in [-0.2, 0) is 22.6 Å². The molecular weight excluding hydrogens is 349 g/mol. The van der Waals surface area contributed by atoms with Gasteiger partial charge >= 0.3 is 13.1 Å². The number of nitrogens with zero attached hydrogens (tertiary/aromatic N) is 1. The number of likely N-dealkylation sites (tertiary alicyclic amines) is 1. The fourth-order valence-electron chi connectivity index (χ4n) is 4.09. The summed E-state index contributed by atoms with van der Waals surface area (Å²) in [5.74, 6) is -1.69. The number of benzene rings is 1. The molecule has 2 aliphatic rings. The van der Waals surface area contributed by atoms with Crippen LogP contribution in [0.3, 0.4) is 0 Å². The van der Waals surface area contributed by atoms with Crippen LogP contribution in [0.5, 0.6) is 0 Å². The van der Waals surface area contributed by atoms with Crippen molar-refractivity contribution in [2.75, 3.05) is 13.1 Å². The lowest BCUT2D eigenvalue weighted by atomic mass is 9.78. The van der Waals surface area contributed by atoms with Gasteiger partial charge in [0, 0.05) is 25.6 Å². The molecule has 146 valence electrons. The number of hydrogen-bond donors (Lipinski definition) is 5. The average molecular weight is 375 g/mol. The van der Waals surface area contributed by atoms with Crippen LogP contribution in [0, 0.1) is 5.92 Å². The molecule has 1 saturated heterocycles. The van der Waals surface area contributed by atoms with E-state index in [2.05, 4.69) is 5.32 Å². The molecule has 6 N–H and O–H groups in total. The van der Waals surface area contributed by atoms with Gasteiger partial charge in [0.15, 0.2) is 0 Å². The lowest BCUT2D eigenvalue weighted by molar-refractivity contribution is -0.144. The Bertz CT molecular complexity index is 716. The number of fused-ring (bicyclic) bond motifs is 1. The second-order valence-corrected chi connectivity index (χ2v) is 7.58. The molecule has 27 heavy (non-hydrogen) atoms. The first-order valence-corrected chi connectivity index (χ1v) is 9.28. The molecule has 0 radical (unpaired) electrons. The number of carbonyl (C=O) groups excluding carboxylic acids is 1. The van der Waals surface area contributed by atoms with Crippen LogP contribution in [0.2, 0.25) is 6.32 Å². The highest BCUT2D eigenvalue weighted by Crippen LogP contribution is 2.31. The van der Waals surface area contributed by atoms with Crippen molar-refractivity contribution < 1.29 is 24.7 Å². The van der Waals surface area contributed by atoms with Crippen molar-refractivity contribution in [3.05, 3.63) is 35.4 Å².